The molecule has 1 aromatic heterocycles. The van der Waals surface area contributed by atoms with Gasteiger partial charge in [-0.25, -0.2) is 4.98 Å². The molecule has 1 heterocycles. The molecule has 2 atom stereocenters. The number of anilines is 1. The Morgan fingerprint density at radius 2 is 1.77 bits per heavy atom. The number of imidazole rings is 1. The van der Waals surface area contributed by atoms with E-state index in [1.807, 2.05) is 51.2 Å². The number of amides is 2. The molecule has 2 amide bonds. The van der Waals surface area contributed by atoms with Gasteiger partial charge in [0.1, 0.15) is 11.9 Å². The van der Waals surface area contributed by atoms with E-state index < -0.39 is 6.04 Å². The average molecular weight is 439 g/mol. The van der Waals surface area contributed by atoms with E-state index in [1.54, 1.807) is 30.5 Å². The minimum Gasteiger partial charge on any atom is -0.340 e. The smallest absolute Gasteiger partial charge is 0.251 e. The summed E-state index contributed by atoms with van der Waals surface area (Å²) < 4.78 is 2.05. The molecule has 7 heteroatoms. The van der Waals surface area contributed by atoms with Crippen LogP contribution in [0.5, 0.6) is 0 Å². The zero-order valence-electron chi connectivity index (χ0n) is 17.9. The van der Waals surface area contributed by atoms with Crippen LogP contribution in [0.15, 0.2) is 60.9 Å². The maximum absolute atomic E-state index is 13.0. The van der Waals surface area contributed by atoms with Gasteiger partial charge in [-0.05, 0) is 54.8 Å². The van der Waals surface area contributed by atoms with Crippen molar-refractivity contribution in [1.82, 2.24) is 14.9 Å². The molecule has 0 bridgehead atoms. The van der Waals surface area contributed by atoms with E-state index >= 15 is 0 Å². The number of aryl methyl sites for hydroxylation is 1. The molecule has 0 aliphatic heterocycles. The second-order valence-electron chi connectivity index (χ2n) is 7.63. The van der Waals surface area contributed by atoms with Crippen LogP contribution in [0.4, 0.5) is 5.69 Å². The van der Waals surface area contributed by atoms with E-state index in [0.29, 0.717) is 22.8 Å². The predicted octanol–water partition coefficient (Wildman–Crippen LogP) is 4.68. The summed E-state index contributed by atoms with van der Waals surface area (Å²) in [6.07, 6.45) is 4.46. The third kappa shape index (κ3) is 5.95. The van der Waals surface area contributed by atoms with Gasteiger partial charge in [0.25, 0.3) is 5.91 Å². The zero-order valence-corrected chi connectivity index (χ0v) is 18.7. The number of carbonyl (C=O) groups excluding carboxylic acids is 2. The summed E-state index contributed by atoms with van der Waals surface area (Å²) >= 11 is 5.89. The van der Waals surface area contributed by atoms with E-state index in [1.165, 1.54) is 0 Å². The van der Waals surface area contributed by atoms with E-state index in [9.17, 15) is 9.59 Å². The highest BCUT2D eigenvalue weighted by Gasteiger charge is 2.26. The van der Waals surface area contributed by atoms with Gasteiger partial charge in [0, 0.05) is 35.2 Å². The Balaban J connectivity index is 1.66. The number of nitrogens with one attached hydrogen (secondary N) is 2. The van der Waals surface area contributed by atoms with Gasteiger partial charge in [-0.1, -0.05) is 44.0 Å². The van der Waals surface area contributed by atoms with Gasteiger partial charge in [-0.3, -0.25) is 9.59 Å². The second-order valence-corrected chi connectivity index (χ2v) is 8.07. The van der Waals surface area contributed by atoms with E-state index in [4.69, 9.17) is 11.6 Å². The molecule has 6 nitrogen and oxygen atoms in total. The van der Waals surface area contributed by atoms with Crippen molar-refractivity contribution in [3.63, 3.8) is 0 Å². The molecule has 31 heavy (non-hydrogen) atoms. The van der Waals surface area contributed by atoms with Gasteiger partial charge in [0.05, 0.1) is 0 Å². The van der Waals surface area contributed by atoms with Gasteiger partial charge in [0.15, 0.2) is 0 Å². The van der Waals surface area contributed by atoms with Crippen molar-refractivity contribution in [3.8, 4) is 0 Å². The van der Waals surface area contributed by atoms with Gasteiger partial charge in [-0.2, -0.15) is 0 Å². The number of benzene rings is 2. The van der Waals surface area contributed by atoms with Crippen molar-refractivity contribution in [3.05, 3.63) is 82.9 Å². The van der Waals surface area contributed by atoms with Crippen LogP contribution in [0.25, 0.3) is 0 Å². The largest absolute Gasteiger partial charge is 0.340 e. The predicted molar refractivity (Wildman–Crippen MR) is 123 cm³/mol. The molecule has 162 valence electrons. The fourth-order valence-electron chi connectivity index (χ4n) is 3.21. The Labute approximate surface area is 187 Å². The molecule has 0 saturated carbocycles. The summed E-state index contributed by atoms with van der Waals surface area (Å²) in [7, 11) is 0. The van der Waals surface area contributed by atoms with E-state index in [2.05, 4.69) is 20.2 Å². The summed E-state index contributed by atoms with van der Waals surface area (Å²) in [5.74, 6) is 0.378. The lowest BCUT2D eigenvalue weighted by molar-refractivity contribution is -0.119. The van der Waals surface area contributed by atoms with Crippen LogP contribution in [0.2, 0.25) is 5.02 Å². The number of carbonyl (C=O) groups is 2. The third-order valence-corrected chi connectivity index (χ3v) is 5.64. The highest BCUT2D eigenvalue weighted by atomic mass is 35.5. The van der Waals surface area contributed by atoms with Crippen molar-refractivity contribution < 1.29 is 9.59 Å². The summed E-state index contributed by atoms with van der Waals surface area (Å²) in [6, 6.07) is 13.6. The highest BCUT2D eigenvalue weighted by molar-refractivity contribution is 6.30. The van der Waals surface area contributed by atoms with Gasteiger partial charge < -0.3 is 15.2 Å². The molecule has 0 fully saturated rings. The molecule has 2 aromatic carbocycles. The minimum absolute atomic E-state index is 0.0280. The molecule has 0 radical (unpaired) electrons. The van der Waals surface area contributed by atoms with E-state index in [0.717, 1.165) is 17.8 Å². The summed E-state index contributed by atoms with van der Waals surface area (Å²) in [6.45, 7) is 6.61. The average Bonchev–Trinajstić information content (AvgIpc) is 3.17. The molecular formula is C24H27ClN4O2. The quantitative estimate of drug-likeness (QED) is 0.536. The normalized spacial score (nSPS) is 12.8. The van der Waals surface area contributed by atoms with Crippen LogP contribution in [0.1, 0.15) is 42.0 Å². The van der Waals surface area contributed by atoms with Crippen LogP contribution in [-0.2, 0) is 11.3 Å². The zero-order chi connectivity index (χ0) is 22.4. The molecular weight excluding hydrogens is 412 g/mol. The third-order valence-electron chi connectivity index (χ3n) is 5.39. The Morgan fingerprint density at radius 3 is 2.35 bits per heavy atom. The molecule has 2 unspecified atom stereocenters. The van der Waals surface area contributed by atoms with Crippen LogP contribution in [-0.4, -0.2) is 27.4 Å². The van der Waals surface area contributed by atoms with Gasteiger partial charge in [0.2, 0.25) is 5.91 Å². The fourth-order valence-corrected chi connectivity index (χ4v) is 3.33. The number of halogens is 1. The van der Waals surface area contributed by atoms with Crippen LogP contribution in [0, 0.1) is 12.8 Å². The molecule has 0 spiro atoms. The Bertz CT molecular complexity index is 1030. The topological polar surface area (TPSA) is 76.0 Å². The van der Waals surface area contributed by atoms with E-state index in [-0.39, 0.29) is 17.7 Å². The maximum atomic E-state index is 13.0. The second kappa shape index (κ2) is 10.3. The van der Waals surface area contributed by atoms with Crippen molar-refractivity contribution in [2.75, 3.05) is 5.32 Å². The summed E-state index contributed by atoms with van der Waals surface area (Å²) in [5, 5.41) is 6.35. The first-order chi connectivity index (χ1) is 14.9. The lowest BCUT2D eigenvalue weighted by Crippen LogP contribution is -2.47. The Hall–Kier alpha value is -3.12. The van der Waals surface area contributed by atoms with Gasteiger partial charge >= 0.3 is 0 Å². The number of rotatable bonds is 8. The highest BCUT2D eigenvalue weighted by Crippen LogP contribution is 2.16. The van der Waals surface area contributed by atoms with Crippen molar-refractivity contribution in [2.24, 2.45) is 5.92 Å². The number of aromatic nitrogens is 2. The van der Waals surface area contributed by atoms with Crippen molar-refractivity contribution in [2.45, 2.75) is 39.8 Å². The number of hydrogen-bond donors (Lipinski definition) is 2. The fraction of sp³-hybridized carbons (Fsp3) is 0.292. The summed E-state index contributed by atoms with van der Waals surface area (Å²) in [4.78, 5) is 29.8. The Morgan fingerprint density at radius 1 is 1.10 bits per heavy atom. The van der Waals surface area contributed by atoms with Crippen molar-refractivity contribution in [1.29, 1.82) is 0 Å². The van der Waals surface area contributed by atoms with Crippen LogP contribution >= 0.6 is 11.6 Å². The first-order valence-corrected chi connectivity index (χ1v) is 10.7. The molecule has 2 N–H and O–H groups in total. The first kappa shape index (κ1) is 22.6. The lowest BCUT2D eigenvalue weighted by atomic mass is 9.97. The van der Waals surface area contributed by atoms with Crippen molar-refractivity contribution >= 4 is 29.1 Å². The van der Waals surface area contributed by atoms with Gasteiger partial charge in [-0.15, -0.1) is 0 Å². The minimum atomic E-state index is -0.651. The standard InChI is InChI=1S/C24H27ClN4O2/c1-4-16(2)22(28-23(30)19-7-9-20(25)10-8-19)24(31)27-21-11-5-18(6-12-21)15-29-14-13-26-17(29)3/h5-14,16,22H,4,15H2,1-3H3,(H,27,31)(H,28,30). The summed E-state index contributed by atoms with van der Waals surface area (Å²) in [5.41, 5.74) is 2.25. The molecule has 3 rings (SSSR count). The Kier molecular flexibility index (Phi) is 7.47. The number of nitrogens with zero attached hydrogens (tertiary/aromatic N) is 2. The lowest BCUT2D eigenvalue weighted by Gasteiger charge is -2.23. The molecule has 0 aliphatic rings. The maximum Gasteiger partial charge on any atom is 0.251 e. The molecule has 0 aliphatic carbocycles. The number of hydrogen-bond acceptors (Lipinski definition) is 3. The molecule has 0 saturated heterocycles. The van der Waals surface area contributed by atoms with Crippen LogP contribution in [0.3, 0.4) is 0 Å². The first-order valence-electron chi connectivity index (χ1n) is 10.3. The molecule has 3 aromatic rings. The SMILES string of the molecule is CCC(C)C(NC(=O)c1ccc(Cl)cc1)C(=O)Nc1ccc(Cn2ccnc2C)cc1. The monoisotopic (exact) mass is 438 g/mol. The van der Waals surface area contributed by atoms with Crippen LogP contribution < -0.4 is 10.6 Å².